The van der Waals surface area contributed by atoms with Crippen molar-refractivity contribution in [3.8, 4) is 5.75 Å². The number of hydrogen-bond donors (Lipinski definition) is 0. The van der Waals surface area contributed by atoms with Gasteiger partial charge in [-0.25, -0.2) is 0 Å². The molecule has 0 bridgehead atoms. The van der Waals surface area contributed by atoms with Crippen molar-refractivity contribution in [2.45, 2.75) is 85.5 Å². The lowest BCUT2D eigenvalue weighted by Gasteiger charge is -2.26. The van der Waals surface area contributed by atoms with Crippen LogP contribution in [0.5, 0.6) is 5.75 Å². The van der Waals surface area contributed by atoms with Gasteiger partial charge in [0.1, 0.15) is 5.75 Å². The summed E-state index contributed by atoms with van der Waals surface area (Å²) in [4.78, 5) is 25.5. The van der Waals surface area contributed by atoms with E-state index in [-0.39, 0.29) is 0 Å². The largest absolute Gasteiger partial charge is 0.465 e. The SMILES string of the molecule is CCCCCCCCCOC(=O)C(CC)(CC)C(=O)Oc1ccc(Cl)c(C)c1. The molecule has 1 rings (SSSR count). The minimum Gasteiger partial charge on any atom is -0.465 e. The highest BCUT2D eigenvalue weighted by Crippen LogP contribution is 2.32. The molecule has 0 amide bonds. The number of ether oxygens (including phenoxy) is 2. The highest BCUT2D eigenvalue weighted by atomic mass is 35.5. The predicted octanol–water partition coefficient (Wildman–Crippen LogP) is 6.65. The van der Waals surface area contributed by atoms with Crippen molar-refractivity contribution >= 4 is 23.5 Å². The maximum absolute atomic E-state index is 12.8. The summed E-state index contributed by atoms with van der Waals surface area (Å²) in [5, 5.41) is 0.603. The third-order valence-electron chi connectivity index (χ3n) is 5.31. The van der Waals surface area contributed by atoms with Gasteiger partial charge in [0.15, 0.2) is 5.41 Å². The van der Waals surface area contributed by atoms with E-state index in [9.17, 15) is 9.59 Å². The van der Waals surface area contributed by atoms with E-state index in [0.717, 1.165) is 24.8 Å². The van der Waals surface area contributed by atoms with Crippen molar-refractivity contribution in [3.05, 3.63) is 28.8 Å². The van der Waals surface area contributed by atoms with Crippen molar-refractivity contribution in [1.82, 2.24) is 0 Å². The number of carbonyl (C=O) groups is 2. The van der Waals surface area contributed by atoms with E-state index in [2.05, 4.69) is 6.92 Å². The fourth-order valence-corrected chi connectivity index (χ4v) is 3.28. The number of aryl methyl sites for hydroxylation is 1. The molecule has 0 saturated carbocycles. The highest BCUT2D eigenvalue weighted by Gasteiger charge is 2.46. The number of esters is 2. The summed E-state index contributed by atoms with van der Waals surface area (Å²) >= 11 is 6.02. The number of hydrogen-bond acceptors (Lipinski definition) is 4. The second kappa shape index (κ2) is 12.8. The standard InChI is InChI=1S/C23H35ClO4/c1-5-8-9-10-11-12-13-16-27-21(25)23(6-2,7-3)22(26)28-19-14-15-20(24)18(4)17-19/h14-15,17H,5-13,16H2,1-4H3. The fraction of sp³-hybridized carbons (Fsp3) is 0.652. The Morgan fingerprint density at radius 2 is 1.54 bits per heavy atom. The van der Waals surface area contributed by atoms with Crippen LogP contribution < -0.4 is 4.74 Å². The zero-order valence-electron chi connectivity index (χ0n) is 17.8. The lowest BCUT2D eigenvalue weighted by molar-refractivity contribution is -0.168. The molecule has 5 heteroatoms. The van der Waals surface area contributed by atoms with E-state index >= 15 is 0 Å². The third-order valence-corrected chi connectivity index (χ3v) is 5.73. The number of unbranched alkanes of at least 4 members (excludes halogenated alkanes) is 6. The van der Waals surface area contributed by atoms with E-state index in [0.29, 0.717) is 30.2 Å². The smallest absolute Gasteiger partial charge is 0.328 e. The third kappa shape index (κ3) is 7.12. The predicted molar refractivity (Wildman–Crippen MR) is 114 cm³/mol. The van der Waals surface area contributed by atoms with Gasteiger partial charge in [-0.15, -0.1) is 0 Å². The first kappa shape index (κ1) is 24.5. The lowest BCUT2D eigenvalue weighted by atomic mass is 9.82. The van der Waals surface area contributed by atoms with E-state index in [1.54, 1.807) is 18.2 Å². The van der Waals surface area contributed by atoms with Crippen LogP contribution in [0.1, 0.15) is 84.1 Å². The van der Waals surface area contributed by atoms with Crippen molar-refractivity contribution in [3.63, 3.8) is 0 Å². The average Bonchev–Trinajstić information content (AvgIpc) is 2.68. The molecule has 0 saturated heterocycles. The minimum atomic E-state index is -1.27. The summed E-state index contributed by atoms with van der Waals surface area (Å²) in [5.74, 6) is -0.666. The first-order chi connectivity index (χ1) is 13.4. The van der Waals surface area contributed by atoms with Crippen LogP contribution in [0.25, 0.3) is 0 Å². The molecule has 0 aromatic heterocycles. The summed E-state index contributed by atoms with van der Waals surface area (Å²) in [6.45, 7) is 8.01. The van der Waals surface area contributed by atoms with Gasteiger partial charge in [-0.1, -0.05) is 70.9 Å². The van der Waals surface area contributed by atoms with E-state index in [4.69, 9.17) is 21.1 Å². The van der Waals surface area contributed by atoms with Crippen LogP contribution in [0.4, 0.5) is 0 Å². The Labute approximate surface area is 174 Å². The fourth-order valence-electron chi connectivity index (χ4n) is 3.16. The van der Waals surface area contributed by atoms with Gasteiger partial charge in [-0.2, -0.15) is 0 Å². The van der Waals surface area contributed by atoms with Gasteiger partial charge in [0.25, 0.3) is 0 Å². The molecule has 1 aromatic rings. The van der Waals surface area contributed by atoms with E-state index in [1.807, 2.05) is 20.8 Å². The maximum Gasteiger partial charge on any atom is 0.328 e. The van der Waals surface area contributed by atoms with Crippen molar-refractivity contribution in [2.24, 2.45) is 5.41 Å². The molecule has 4 nitrogen and oxygen atoms in total. The molecule has 0 atom stereocenters. The molecule has 1 aromatic carbocycles. The zero-order valence-corrected chi connectivity index (χ0v) is 18.6. The molecule has 0 N–H and O–H groups in total. The molecule has 28 heavy (non-hydrogen) atoms. The van der Waals surface area contributed by atoms with Gasteiger partial charge < -0.3 is 9.47 Å². The molecular formula is C23H35ClO4. The molecular weight excluding hydrogens is 376 g/mol. The second-order valence-electron chi connectivity index (χ2n) is 7.35. The molecule has 158 valence electrons. The normalized spacial score (nSPS) is 11.3. The quantitative estimate of drug-likeness (QED) is 0.158. The van der Waals surface area contributed by atoms with Crippen LogP contribution in [0.15, 0.2) is 18.2 Å². The van der Waals surface area contributed by atoms with Gasteiger partial charge in [-0.3, -0.25) is 9.59 Å². The van der Waals surface area contributed by atoms with Gasteiger partial charge in [-0.05, 0) is 49.9 Å². The summed E-state index contributed by atoms with van der Waals surface area (Å²) < 4.78 is 11.0. The molecule has 0 spiro atoms. The molecule has 0 heterocycles. The molecule has 0 radical (unpaired) electrons. The molecule has 0 aliphatic heterocycles. The second-order valence-corrected chi connectivity index (χ2v) is 7.75. The number of carbonyl (C=O) groups excluding carboxylic acids is 2. The topological polar surface area (TPSA) is 52.6 Å². The Morgan fingerprint density at radius 1 is 0.929 bits per heavy atom. The highest BCUT2D eigenvalue weighted by molar-refractivity contribution is 6.31. The Bertz CT molecular complexity index is 623. The molecule has 0 aliphatic rings. The molecule has 0 aliphatic carbocycles. The van der Waals surface area contributed by atoms with Crippen molar-refractivity contribution in [1.29, 1.82) is 0 Å². The van der Waals surface area contributed by atoms with Crippen LogP contribution in [0.2, 0.25) is 5.02 Å². The lowest BCUT2D eigenvalue weighted by Crippen LogP contribution is -2.42. The summed E-state index contributed by atoms with van der Waals surface area (Å²) in [7, 11) is 0. The maximum atomic E-state index is 12.8. The van der Waals surface area contributed by atoms with Crippen LogP contribution in [0, 0.1) is 12.3 Å². The van der Waals surface area contributed by atoms with Crippen molar-refractivity contribution in [2.75, 3.05) is 6.61 Å². The Morgan fingerprint density at radius 3 is 2.11 bits per heavy atom. The summed E-state index contributed by atoms with van der Waals surface area (Å²) in [5.41, 5.74) is -0.457. The Balaban J connectivity index is 2.58. The van der Waals surface area contributed by atoms with Crippen LogP contribution in [0.3, 0.4) is 0 Å². The van der Waals surface area contributed by atoms with Gasteiger partial charge in [0.05, 0.1) is 6.61 Å². The van der Waals surface area contributed by atoms with E-state index in [1.165, 1.54) is 25.7 Å². The zero-order chi connectivity index (χ0) is 21.0. The number of halogens is 1. The first-order valence-corrected chi connectivity index (χ1v) is 10.9. The van der Waals surface area contributed by atoms with Crippen molar-refractivity contribution < 1.29 is 19.1 Å². The van der Waals surface area contributed by atoms with Gasteiger partial charge >= 0.3 is 11.9 Å². The van der Waals surface area contributed by atoms with Crippen LogP contribution >= 0.6 is 11.6 Å². The van der Waals surface area contributed by atoms with Crippen LogP contribution in [-0.4, -0.2) is 18.5 Å². The summed E-state index contributed by atoms with van der Waals surface area (Å²) in [6.07, 6.45) is 8.70. The average molecular weight is 411 g/mol. The van der Waals surface area contributed by atoms with Gasteiger partial charge in [0.2, 0.25) is 0 Å². The van der Waals surface area contributed by atoms with Gasteiger partial charge in [0, 0.05) is 5.02 Å². The Hall–Kier alpha value is -1.55. The van der Waals surface area contributed by atoms with E-state index < -0.39 is 17.4 Å². The molecule has 0 fully saturated rings. The number of benzene rings is 1. The van der Waals surface area contributed by atoms with Crippen LogP contribution in [-0.2, 0) is 14.3 Å². The Kier molecular flexibility index (Phi) is 11.2. The molecule has 0 unspecified atom stereocenters. The monoisotopic (exact) mass is 410 g/mol. The first-order valence-electron chi connectivity index (χ1n) is 10.6. The minimum absolute atomic E-state index is 0.338. The summed E-state index contributed by atoms with van der Waals surface area (Å²) in [6, 6.07) is 5.01. The number of rotatable bonds is 13.